The molecule has 0 bridgehead atoms. The fraction of sp³-hybridized carbons (Fsp3) is 0.312. The Kier molecular flexibility index (Phi) is 4.49. The standard InChI is InChI=1S/C16H18N4O4S/c1-8-9(2)25-16-18-15(19-20(8)16)17-14(21)10-6-11(22-3)13(24-5)12(7-10)23-4/h6-7H,1-5H3,(H,17,19,21). The van der Waals surface area contributed by atoms with E-state index < -0.39 is 0 Å². The summed E-state index contributed by atoms with van der Waals surface area (Å²) >= 11 is 1.52. The van der Waals surface area contributed by atoms with Gasteiger partial charge in [0.1, 0.15) is 0 Å². The molecule has 2 heterocycles. The van der Waals surface area contributed by atoms with Crippen LogP contribution in [0.25, 0.3) is 4.96 Å². The number of thiazole rings is 1. The number of anilines is 1. The predicted octanol–water partition coefficient (Wildman–Crippen LogP) is 2.69. The smallest absolute Gasteiger partial charge is 0.258 e. The van der Waals surface area contributed by atoms with Gasteiger partial charge in [-0.1, -0.05) is 11.3 Å². The van der Waals surface area contributed by atoms with Crippen LogP contribution in [0.5, 0.6) is 17.2 Å². The first-order valence-electron chi connectivity index (χ1n) is 7.42. The summed E-state index contributed by atoms with van der Waals surface area (Å²) in [4.78, 5) is 18.7. The minimum absolute atomic E-state index is 0.244. The van der Waals surface area contributed by atoms with Crippen LogP contribution in [0.4, 0.5) is 5.95 Å². The van der Waals surface area contributed by atoms with Gasteiger partial charge in [-0.2, -0.15) is 4.98 Å². The first kappa shape index (κ1) is 17.0. The van der Waals surface area contributed by atoms with Crippen LogP contribution >= 0.6 is 11.3 Å². The van der Waals surface area contributed by atoms with Gasteiger partial charge in [0, 0.05) is 10.4 Å². The van der Waals surface area contributed by atoms with Crippen molar-refractivity contribution in [2.45, 2.75) is 13.8 Å². The van der Waals surface area contributed by atoms with E-state index in [4.69, 9.17) is 14.2 Å². The van der Waals surface area contributed by atoms with Gasteiger partial charge in [-0.15, -0.1) is 5.10 Å². The molecule has 0 spiro atoms. The molecule has 1 amide bonds. The molecule has 0 aliphatic rings. The Hall–Kier alpha value is -2.81. The van der Waals surface area contributed by atoms with E-state index >= 15 is 0 Å². The van der Waals surface area contributed by atoms with Crippen molar-refractivity contribution in [2.24, 2.45) is 0 Å². The Morgan fingerprint density at radius 2 is 1.76 bits per heavy atom. The number of carbonyl (C=O) groups excluding carboxylic acids is 1. The predicted molar refractivity (Wildman–Crippen MR) is 94.4 cm³/mol. The molecule has 2 aromatic heterocycles. The second kappa shape index (κ2) is 6.60. The average molecular weight is 362 g/mol. The second-order valence-corrected chi connectivity index (χ2v) is 6.42. The SMILES string of the molecule is COc1cc(C(=O)Nc2nc3sc(C)c(C)n3n2)cc(OC)c1OC. The van der Waals surface area contributed by atoms with Gasteiger partial charge in [-0.25, -0.2) is 4.52 Å². The summed E-state index contributed by atoms with van der Waals surface area (Å²) in [6.07, 6.45) is 0. The molecule has 0 saturated carbocycles. The van der Waals surface area contributed by atoms with Crippen LogP contribution in [0.3, 0.4) is 0 Å². The van der Waals surface area contributed by atoms with E-state index in [1.807, 2.05) is 13.8 Å². The van der Waals surface area contributed by atoms with Gasteiger partial charge in [-0.3, -0.25) is 10.1 Å². The number of nitrogens with zero attached hydrogens (tertiary/aromatic N) is 3. The third-order valence-corrected chi connectivity index (χ3v) is 4.85. The maximum atomic E-state index is 12.6. The number of methoxy groups -OCH3 is 3. The minimum atomic E-state index is -0.369. The van der Waals surface area contributed by atoms with Crippen LogP contribution in [0.15, 0.2) is 12.1 Å². The van der Waals surface area contributed by atoms with Crippen LogP contribution in [0, 0.1) is 13.8 Å². The van der Waals surface area contributed by atoms with E-state index in [-0.39, 0.29) is 11.9 Å². The summed E-state index contributed by atoms with van der Waals surface area (Å²) < 4.78 is 17.5. The lowest BCUT2D eigenvalue weighted by atomic mass is 10.1. The topological polar surface area (TPSA) is 87.0 Å². The Balaban J connectivity index is 1.91. The number of carbonyl (C=O) groups is 1. The van der Waals surface area contributed by atoms with Gasteiger partial charge in [0.15, 0.2) is 11.5 Å². The van der Waals surface area contributed by atoms with Gasteiger partial charge in [0.2, 0.25) is 10.7 Å². The molecule has 0 atom stereocenters. The first-order chi connectivity index (χ1) is 12.0. The van der Waals surface area contributed by atoms with Crippen molar-refractivity contribution < 1.29 is 19.0 Å². The van der Waals surface area contributed by atoms with E-state index in [2.05, 4.69) is 15.4 Å². The number of benzene rings is 1. The number of hydrogen-bond acceptors (Lipinski definition) is 7. The Bertz CT molecular complexity index is 922. The van der Waals surface area contributed by atoms with Crippen LogP contribution in [-0.2, 0) is 0 Å². The molecule has 25 heavy (non-hydrogen) atoms. The lowest BCUT2D eigenvalue weighted by Crippen LogP contribution is -2.14. The third kappa shape index (κ3) is 2.98. The van der Waals surface area contributed by atoms with E-state index in [1.54, 1.807) is 16.6 Å². The van der Waals surface area contributed by atoms with E-state index in [0.29, 0.717) is 22.8 Å². The molecule has 0 aliphatic heterocycles. The van der Waals surface area contributed by atoms with E-state index in [1.165, 1.54) is 32.7 Å². The summed E-state index contributed by atoms with van der Waals surface area (Å²) in [5.41, 5.74) is 1.35. The highest BCUT2D eigenvalue weighted by Crippen LogP contribution is 2.38. The largest absolute Gasteiger partial charge is 0.493 e. The van der Waals surface area contributed by atoms with Gasteiger partial charge in [0.05, 0.1) is 27.0 Å². The second-order valence-electron chi connectivity index (χ2n) is 5.24. The third-order valence-electron chi connectivity index (χ3n) is 3.80. The number of nitrogens with one attached hydrogen (secondary N) is 1. The highest BCUT2D eigenvalue weighted by Gasteiger charge is 2.19. The molecule has 9 heteroatoms. The molecule has 0 unspecified atom stereocenters. The molecule has 8 nitrogen and oxygen atoms in total. The molecule has 1 N–H and O–H groups in total. The van der Waals surface area contributed by atoms with Crippen LogP contribution in [0.1, 0.15) is 20.9 Å². The van der Waals surface area contributed by atoms with E-state index in [0.717, 1.165) is 15.5 Å². The van der Waals surface area contributed by atoms with E-state index in [9.17, 15) is 4.79 Å². The summed E-state index contributed by atoms with van der Waals surface area (Å²) in [6, 6.07) is 3.15. The maximum Gasteiger partial charge on any atom is 0.258 e. The van der Waals surface area contributed by atoms with Gasteiger partial charge >= 0.3 is 0 Å². The minimum Gasteiger partial charge on any atom is -0.493 e. The van der Waals surface area contributed by atoms with Gasteiger partial charge in [0.25, 0.3) is 11.9 Å². The van der Waals surface area contributed by atoms with Crippen LogP contribution < -0.4 is 19.5 Å². The van der Waals surface area contributed by atoms with Crippen molar-refractivity contribution in [1.29, 1.82) is 0 Å². The highest BCUT2D eigenvalue weighted by molar-refractivity contribution is 7.17. The zero-order chi connectivity index (χ0) is 18.1. The van der Waals surface area contributed by atoms with Crippen molar-refractivity contribution in [3.05, 3.63) is 28.3 Å². The number of aryl methyl sites for hydroxylation is 2. The summed E-state index contributed by atoms with van der Waals surface area (Å²) in [7, 11) is 4.50. The fourth-order valence-electron chi connectivity index (χ4n) is 2.38. The Labute approximate surface area is 148 Å². The fourth-order valence-corrected chi connectivity index (χ4v) is 3.29. The molecule has 0 radical (unpaired) electrons. The molecule has 3 rings (SSSR count). The first-order valence-corrected chi connectivity index (χ1v) is 8.24. The quantitative estimate of drug-likeness (QED) is 0.751. The monoisotopic (exact) mass is 362 g/mol. The molecule has 0 fully saturated rings. The van der Waals surface area contributed by atoms with Crippen molar-refractivity contribution in [1.82, 2.24) is 14.6 Å². The molecule has 0 aliphatic carbocycles. The number of fused-ring (bicyclic) bond motifs is 1. The maximum absolute atomic E-state index is 12.6. The molecular formula is C16H18N4O4S. The molecular weight excluding hydrogens is 344 g/mol. The Morgan fingerprint density at radius 3 is 2.28 bits per heavy atom. The van der Waals surface area contributed by atoms with Crippen molar-refractivity contribution in [2.75, 3.05) is 26.6 Å². The molecule has 0 saturated heterocycles. The van der Waals surface area contributed by atoms with Gasteiger partial charge in [-0.05, 0) is 26.0 Å². The normalized spacial score (nSPS) is 10.8. The number of ether oxygens (including phenoxy) is 3. The molecule has 132 valence electrons. The van der Waals surface area contributed by atoms with Crippen molar-refractivity contribution >= 4 is 28.2 Å². The average Bonchev–Trinajstić information content (AvgIpc) is 3.11. The summed E-state index contributed by atoms with van der Waals surface area (Å²) in [5.74, 6) is 1.10. The summed E-state index contributed by atoms with van der Waals surface area (Å²) in [6.45, 7) is 3.96. The van der Waals surface area contributed by atoms with Crippen molar-refractivity contribution in [3.8, 4) is 17.2 Å². The number of rotatable bonds is 5. The number of hydrogen-bond donors (Lipinski definition) is 1. The zero-order valence-corrected chi connectivity index (χ0v) is 15.4. The van der Waals surface area contributed by atoms with Crippen LogP contribution in [0.2, 0.25) is 0 Å². The molecule has 1 aromatic carbocycles. The lowest BCUT2D eigenvalue weighted by molar-refractivity contribution is 0.102. The zero-order valence-electron chi connectivity index (χ0n) is 14.5. The highest BCUT2D eigenvalue weighted by atomic mass is 32.1. The summed E-state index contributed by atoms with van der Waals surface area (Å²) in [5, 5.41) is 7.01. The lowest BCUT2D eigenvalue weighted by Gasteiger charge is -2.13. The number of amides is 1. The van der Waals surface area contributed by atoms with Crippen LogP contribution in [-0.4, -0.2) is 41.8 Å². The number of aromatic nitrogens is 3. The van der Waals surface area contributed by atoms with Crippen molar-refractivity contribution in [3.63, 3.8) is 0 Å². The van der Waals surface area contributed by atoms with Gasteiger partial charge < -0.3 is 14.2 Å². The Morgan fingerprint density at radius 1 is 1.12 bits per heavy atom. The molecule has 3 aromatic rings.